The summed E-state index contributed by atoms with van der Waals surface area (Å²) in [6, 6.07) is 23.5. The van der Waals surface area contributed by atoms with Gasteiger partial charge in [-0.05, 0) is 16.9 Å². The lowest BCUT2D eigenvalue weighted by Crippen LogP contribution is -2.09. The Bertz CT molecular complexity index is 1020. The van der Waals surface area contributed by atoms with Crippen LogP contribution in [0.15, 0.2) is 60.2 Å². The van der Waals surface area contributed by atoms with Crippen molar-refractivity contribution in [1.29, 1.82) is 21.0 Å². The van der Waals surface area contributed by atoms with Crippen LogP contribution in [-0.4, -0.2) is 0 Å². The van der Waals surface area contributed by atoms with E-state index < -0.39 is 0 Å². The minimum atomic E-state index is 0.0200. The molecule has 0 aromatic heterocycles. The van der Waals surface area contributed by atoms with Crippen LogP contribution in [0.4, 0.5) is 0 Å². The second-order valence-electron chi connectivity index (χ2n) is 4.74. The largest absolute Gasteiger partial charge is 0.192 e. The predicted octanol–water partition coefficient (Wildman–Crippen LogP) is 2.17. The Morgan fingerprint density at radius 3 is 1.79 bits per heavy atom. The minimum absolute atomic E-state index is 0.0200. The molecule has 0 aliphatic heterocycles. The van der Waals surface area contributed by atoms with Gasteiger partial charge in [0.1, 0.15) is 35.4 Å². The van der Waals surface area contributed by atoms with Crippen molar-refractivity contribution in [2.45, 2.75) is 0 Å². The van der Waals surface area contributed by atoms with Crippen molar-refractivity contribution in [3.05, 3.63) is 76.2 Å². The van der Waals surface area contributed by atoms with Gasteiger partial charge in [-0.2, -0.15) is 21.0 Å². The lowest BCUT2D eigenvalue weighted by atomic mass is 9.99. The molecule has 24 heavy (non-hydrogen) atoms. The molecule has 0 amide bonds. The van der Waals surface area contributed by atoms with Crippen molar-refractivity contribution in [2.75, 3.05) is 0 Å². The summed E-state index contributed by atoms with van der Waals surface area (Å²) >= 11 is 0. The van der Waals surface area contributed by atoms with E-state index in [0.29, 0.717) is 10.8 Å². The zero-order valence-electron chi connectivity index (χ0n) is 12.6. The summed E-state index contributed by atoms with van der Waals surface area (Å²) in [5.41, 5.74) is 1.35. The number of rotatable bonds is 2. The first-order valence-electron chi connectivity index (χ1n) is 6.95. The smallest absolute Gasteiger partial charge is 0.137 e. The van der Waals surface area contributed by atoms with Gasteiger partial charge in [0, 0.05) is 10.8 Å². The van der Waals surface area contributed by atoms with Gasteiger partial charge in [-0.3, -0.25) is 0 Å². The highest BCUT2D eigenvalue weighted by Gasteiger charge is 2.06. The first-order chi connectivity index (χ1) is 11.7. The van der Waals surface area contributed by atoms with Gasteiger partial charge in [0.15, 0.2) is 0 Å². The second kappa shape index (κ2) is 7.77. The fourth-order valence-electron chi connectivity index (χ4n) is 2.13. The van der Waals surface area contributed by atoms with Gasteiger partial charge in [-0.25, -0.2) is 0 Å². The van der Waals surface area contributed by atoms with Crippen LogP contribution in [0.1, 0.15) is 5.56 Å². The molecule has 0 saturated carbocycles. The van der Waals surface area contributed by atoms with Crippen LogP contribution in [-0.2, 0) is 0 Å². The second-order valence-corrected chi connectivity index (χ2v) is 4.74. The Morgan fingerprint density at radius 2 is 1.29 bits per heavy atom. The van der Waals surface area contributed by atoms with Gasteiger partial charge in [0.25, 0.3) is 0 Å². The Balaban J connectivity index is 2.67. The third kappa shape index (κ3) is 3.55. The zero-order valence-corrected chi connectivity index (χ0v) is 12.6. The van der Waals surface area contributed by atoms with Gasteiger partial charge >= 0.3 is 0 Å². The summed E-state index contributed by atoms with van der Waals surface area (Å²) in [7, 11) is 0. The summed E-state index contributed by atoms with van der Waals surface area (Å²) in [6.45, 7) is 0. The number of allylic oxidation sites excluding steroid dienone is 2. The van der Waals surface area contributed by atoms with Crippen LogP contribution in [0.5, 0.6) is 0 Å². The highest BCUT2D eigenvalue weighted by atomic mass is 14.3. The zero-order chi connectivity index (χ0) is 17.4. The molecule has 110 valence electrons. The van der Waals surface area contributed by atoms with E-state index in [4.69, 9.17) is 10.5 Å². The molecule has 0 bridgehead atoms. The maximum absolute atomic E-state index is 9.19. The van der Waals surface area contributed by atoms with Crippen molar-refractivity contribution in [1.82, 2.24) is 0 Å². The Kier molecular flexibility index (Phi) is 5.26. The molecule has 2 aromatic rings. The van der Waals surface area contributed by atoms with Crippen LogP contribution >= 0.6 is 0 Å². The molecule has 2 aromatic carbocycles. The molecule has 0 aliphatic rings. The maximum atomic E-state index is 9.19. The van der Waals surface area contributed by atoms with Gasteiger partial charge in [-0.1, -0.05) is 54.6 Å². The first-order valence-corrected chi connectivity index (χ1v) is 6.95. The van der Waals surface area contributed by atoms with Gasteiger partial charge < -0.3 is 0 Å². The third-order valence-corrected chi connectivity index (χ3v) is 3.31. The Labute approximate surface area is 139 Å². The molecule has 0 fully saturated rings. The molecule has 4 nitrogen and oxygen atoms in total. The number of benzene rings is 2. The monoisotopic (exact) mass is 306 g/mol. The van der Waals surface area contributed by atoms with E-state index in [2.05, 4.69) is 0 Å². The lowest BCUT2D eigenvalue weighted by molar-refractivity contribution is 1.46. The van der Waals surface area contributed by atoms with Gasteiger partial charge in [-0.15, -0.1) is 0 Å². The van der Waals surface area contributed by atoms with E-state index >= 15 is 0 Å². The molecule has 0 spiro atoms. The average Bonchev–Trinajstić information content (AvgIpc) is 2.65. The number of nitriles is 4. The molecule has 2 rings (SSSR count). The number of hydrogen-bond acceptors (Lipinski definition) is 4. The van der Waals surface area contributed by atoms with Gasteiger partial charge in [0.05, 0.1) is 0 Å². The predicted molar refractivity (Wildman–Crippen MR) is 89.4 cm³/mol. The van der Waals surface area contributed by atoms with Crippen LogP contribution in [0.2, 0.25) is 0 Å². The minimum Gasteiger partial charge on any atom is -0.192 e. The Hall–Kier alpha value is -4.12. The van der Waals surface area contributed by atoms with E-state index in [1.165, 1.54) is 0 Å². The van der Waals surface area contributed by atoms with E-state index in [-0.39, 0.29) is 11.1 Å². The quantitative estimate of drug-likeness (QED) is 0.794. The molecule has 0 heterocycles. The van der Waals surface area contributed by atoms with Crippen molar-refractivity contribution in [2.24, 2.45) is 0 Å². The highest BCUT2D eigenvalue weighted by molar-refractivity contribution is 5.93. The molecule has 0 radical (unpaired) electrons. The molecule has 4 heteroatoms. The highest BCUT2D eigenvalue weighted by Crippen LogP contribution is 2.19. The van der Waals surface area contributed by atoms with E-state index in [0.717, 1.165) is 10.8 Å². The molecule has 0 saturated heterocycles. The molecular formula is C20H10N4. The molecule has 0 unspecified atom stereocenters. The van der Waals surface area contributed by atoms with Crippen LogP contribution in [0.3, 0.4) is 0 Å². The van der Waals surface area contributed by atoms with Crippen molar-refractivity contribution >= 4 is 17.2 Å². The summed E-state index contributed by atoms with van der Waals surface area (Å²) < 4.78 is 0. The topological polar surface area (TPSA) is 95.2 Å². The fourth-order valence-corrected chi connectivity index (χ4v) is 2.13. The third-order valence-electron chi connectivity index (χ3n) is 3.31. The van der Waals surface area contributed by atoms with E-state index in [9.17, 15) is 10.5 Å². The first kappa shape index (κ1) is 16.3. The standard InChI is InChI=1S/C20H10N4/c21-11-18(12-22)16-8-6-15(7-9-16)10-20(19(13-23)14-24)17-4-2-1-3-5-17/h1-10H. The molecular weight excluding hydrogens is 296 g/mol. The summed E-state index contributed by atoms with van der Waals surface area (Å²) in [4.78, 5) is 0. The summed E-state index contributed by atoms with van der Waals surface area (Å²) in [5, 5.41) is 37.4. The van der Waals surface area contributed by atoms with Crippen LogP contribution in [0.25, 0.3) is 17.2 Å². The van der Waals surface area contributed by atoms with Crippen molar-refractivity contribution in [3.63, 3.8) is 0 Å². The summed E-state index contributed by atoms with van der Waals surface area (Å²) in [5.74, 6) is 0. The summed E-state index contributed by atoms with van der Waals surface area (Å²) in [6.07, 6.45) is 1.74. The number of nitrogens with zero attached hydrogens (tertiary/aromatic N) is 4. The normalized spacial score (nSPS) is 8.67. The average molecular weight is 306 g/mol. The van der Waals surface area contributed by atoms with Crippen molar-refractivity contribution in [3.8, 4) is 24.3 Å². The van der Waals surface area contributed by atoms with Crippen LogP contribution < -0.4 is 10.4 Å². The number of hydrogen-bond donors (Lipinski definition) is 0. The van der Waals surface area contributed by atoms with E-state index in [1.807, 2.05) is 54.6 Å². The Morgan fingerprint density at radius 1 is 0.708 bits per heavy atom. The van der Waals surface area contributed by atoms with Crippen molar-refractivity contribution < 1.29 is 0 Å². The molecule has 0 atom stereocenters. The molecule has 0 N–H and O–H groups in total. The van der Waals surface area contributed by atoms with Gasteiger partial charge in [0.2, 0.25) is 0 Å². The lowest BCUT2D eigenvalue weighted by Gasteiger charge is -2.02. The fraction of sp³-hybridized carbons (Fsp3) is 0. The van der Waals surface area contributed by atoms with E-state index in [1.54, 1.807) is 30.3 Å². The molecule has 0 aliphatic carbocycles. The maximum Gasteiger partial charge on any atom is 0.137 e. The SMILES string of the molecule is N#CC(C#N)=C(C=c1ccc(=C(C#N)C#N)cc1)c1ccccc1. The van der Waals surface area contributed by atoms with Crippen LogP contribution in [0, 0.1) is 45.3 Å².